The summed E-state index contributed by atoms with van der Waals surface area (Å²) >= 11 is 0. The van der Waals surface area contributed by atoms with Gasteiger partial charge in [0.2, 0.25) is 17.8 Å². The number of carbonyl (C=O) groups is 2. The zero-order chi connectivity index (χ0) is 26.6. The molecule has 202 valence electrons. The van der Waals surface area contributed by atoms with Crippen LogP contribution in [0, 0.1) is 0 Å². The van der Waals surface area contributed by atoms with E-state index in [2.05, 4.69) is 20.6 Å². The SMILES string of the molecule is O=C1CCCN1CCCNc1nc(Nc2ccc(-n3ccnc3)cc2)nc2c1ncn2CCN1CCCC1=O. The van der Waals surface area contributed by atoms with E-state index in [9.17, 15) is 9.59 Å². The number of imidazole rings is 2. The average Bonchev–Trinajstić information content (AvgIpc) is 3.75. The highest BCUT2D eigenvalue weighted by Gasteiger charge is 2.21. The van der Waals surface area contributed by atoms with Gasteiger partial charge in [0.1, 0.15) is 0 Å². The molecule has 0 bridgehead atoms. The summed E-state index contributed by atoms with van der Waals surface area (Å²) in [4.78, 5) is 46.1. The first-order valence-corrected chi connectivity index (χ1v) is 13.5. The number of aromatic nitrogens is 6. The van der Waals surface area contributed by atoms with Crippen molar-refractivity contribution < 1.29 is 9.59 Å². The minimum atomic E-state index is 0.203. The van der Waals surface area contributed by atoms with Crippen LogP contribution < -0.4 is 10.6 Å². The molecular formula is C27H32N10O2. The van der Waals surface area contributed by atoms with Gasteiger partial charge in [-0.1, -0.05) is 0 Å². The number of carbonyl (C=O) groups excluding carboxylic acids is 2. The molecular weight excluding hydrogens is 496 g/mol. The van der Waals surface area contributed by atoms with Crippen LogP contribution >= 0.6 is 0 Å². The average molecular weight is 529 g/mol. The van der Waals surface area contributed by atoms with Crippen molar-refractivity contribution in [2.45, 2.75) is 38.6 Å². The number of nitrogens with one attached hydrogen (secondary N) is 2. The van der Waals surface area contributed by atoms with E-state index < -0.39 is 0 Å². The minimum Gasteiger partial charge on any atom is -0.368 e. The maximum absolute atomic E-state index is 12.1. The number of amides is 2. The van der Waals surface area contributed by atoms with Crippen LogP contribution in [0.2, 0.25) is 0 Å². The number of fused-ring (bicyclic) bond motifs is 1. The molecule has 2 aliphatic rings. The van der Waals surface area contributed by atoms with Crippen molar-refractivity contribution >= 4 is 40.4 Å². The van der Waals surface area contributed by atoms with E-state index in [1.54, 1.807) is 18.9 Å². The Morgan fingerprint density at radius 3 is 2.33 bits per heavy atom. The van der Waals surface area contributed by atoms with Crippen LogP contribution in [0.5, 0.6) is 0 Å². The number of likely N-dealkylation sites (tertiary alicyclic amines) is 2. The quantitative estimate of drug-likeness (QED) is 0.285. The predicted molar refractivity (Wildman–Crippen MR) is 147 cm³/mol. The molecule has 39 heavy (non-hydrogen) atoms. The molecule has 6 rings (SSSR count). The summed E-state index contributed by atoms with van der Waals surface area (Å²) in [5.41, 5.74) is 3.24. The van der Waals surface area contributed by atoms with Gasteiger partial charge in [0, 0.05) is 75.9 Å². The zero-order valence-corrected chi connectivity index (χ0v) is 21.8. The molecule has 12 nitrogen and oxygen atoms in total. The Morgan fingerprint density at radius 1 is 0.872 bits per heavy atom. The van der Waals surface area contributed by atoms with Crippen molar-refractivity contribution in [2.75, 3.05) is 43.4 Å². The second kappa shape index (κ2) is 11.1. The Morgan fingerprint density at radius 2 is 1.64 bits per heavy atom. The molecule has 0 saturated carbocycles. The molecule has 0 unspecified atom stereocenters. The van der Waals surface area contributed by atoms with E-state index in [0.29, 0.717) is 55.4 Å². The minimum absolute atomic E-state index is 0.203. The topological polar surface area (TPSA) is 126 Å². The number of nitrogens with zero attached hydrogens (tertiary/aromatic N) is 8. The van der Waals surface area contributed by atoms with Crippen LogP contribution in [-0.4, -0.2) is 83.4 Å². The van der Waals surface area contributed by atoms with E-state index in [1.807, 2.05) is 49.4 Å². The molecule has 5 heterocycles. The molecule has 2 aliphatic heterocycles. The number of hydrogen-bond acceptors (Lipinski definition) is 8. The smallest absolute Gasteiger partial charge is 0.231 e. The largest absolute Gasteiger partial charge is 0.368 e. The Bertz CT molecular complexity index is 1450. The molecule has 2 saturated heterocycles. The number of benzene rings is 1. The summed E-state index contributed by atoms with van der Waals surface area (Å²) in [5.74, 6) is 1.53. The van der Waals surface area contributed by atoms with Gasteiger partial charge in [0.15, 0.2) is 17.0 Å². The second-order valence-electron chi connectivity index (χ2n) is 9.90. The van der Waals surface area contributed by atoms with Gasteiger partial charge in [0.05, 0.1) is 12.7 Å². The second-order valence-corrected chi connectivity index (χ2v) is 9.90. The lowest BCUT2D eigenvalue weighted by Crippen LogP contribution is -2.28. The van der Waals surface area contributed by atoms with Crippen molar-refractivity contribution in [3.05, 3.63) is 49.3 Å². The number of rotatable bonds is 11. The van der Waals surface area contributed by atoms with Crippen LogP contribution in [0.3, 0.4) is 0 Å². The van der Waals surface area contributed by atoms with Gasteiger partial charge in [0.25, 0.3) is 0 Å². The third-order valence-corrected chi connectivity index (χ3v) is 7.24. The summed E-state index contributed by atoms with van der Waals surface area (Å²) in [6, 6.07) is 7.94. The van der Waals surface area contributed by atoms with Gasteiger partial charge >= 0.3 is 0 Å². The molecule has 0 radical (unpaired) electrons. The molecule has 4 aromatic rings. The van der Waals surface area contributed by atoms with E-state index in [-0.39, 0.29) is 11.8 Å². The summed E-state index contributed by atoms with van der Waals surface area (Å²) in [5, 5.41) is 6.74. The van der Waals surface area contributed by atoms with E-state index in [0.717, 1.165) is 50.3 Å². The highest BCUT2D eigenvalue weighted by Crippen LogP contribution is 2.24. The molecule has 0 atom stereocenters. The fraction of sp³-hybridized carbons (Fsp3) is 0.407. The molecule has 2 amide bonds. The van der Waals surface area contributed by atoms with Crippen LogP contribution in [-0.2, 0) is 16.1 Å². The van der Waals surface area contributed by atoms with Crippen molar-refractivity contribution in [3.8, 4) is 5.69 Å². The summed E-state index contributed by atoms with van der Waals surface area (Å²) in [7, 11) is 0. The lowest BCUT2D eigenvalue weighted by Gasteiger charge is -2.16. The molecule has 3 aromatic heterocycles. The molecule has 2 fully saturated rings. The Balaban J connectivity index is 1.21. The van der Waals surface area contributed by atoms with E-state index in [4.69, 9.17) is 9.97 Å². The van der Waals surface area contributed by atoms with Gasteiger partial charge in [-0.2, -0.15) is 9.97 Å². The molecule has 2 N–H and O–H groups in total. The number of anilines is 3. The lowest BCUT2D eigenvalue weighted by atomic mass is 10.3. The van der Waals surface area contributed by atoms with Gasteiger partial charge < -0.3 is 29.6 Å². The summed E-state index contributed by atoms with van der Waals surface area (Å²) in [6.45, 7) is 4.26. The highest BCUT2D eigenvalue weighted by molar-refractivity contribution is 5.85. The van der Waals surface area contributed by atoms with Crippen LogP contribution in [0.4, 0.5) is 17.5 Å². The molecule has 0 aliphatic carbocycles. The van der Waals surface area contributed by atoms with Gasteiger partial charge in [-0.3, -0.25) is 9.59 Å². The van der Waals surface area contributed by atoms with Crippen molar-refractivity contribution in [3.63, 3.8) is 0 Å². The zero-order valence-electron chi connectivity index (χ0n) is 21.8. The van der Waals surface area contributed by atoms with Gasteiger partial charge in [-0.15, -0.1) is 0 Å². The van der Waals surface area contributed by atoms with Crippen molar-refractivity contribution in [1.82, 2.24) is 38.9 Å². The van der Waals surface area contributed by atoms with Crippen LogP contribution in [0.1, 0.15) is 32.1 Å². The maximum atomic E-state index is 12.1. The van der Waals surface area contributed by atoms with Crippen LogP contribution in [0.25, 0.3) is 16.9 Å². The third-order valence-electron chi connectivity index (χ3n) is 7.24. The molecule has 12 heteroatoms. The lowest BCUT2D eigenvalue weighted by molar-refractivity contribution is -0.128. The number of hydrogen-bond donors (Lipinski definition) is 2. The Labute approximate surface area is 226 Å². The monoisotopic (exact) mass is 528 g/mol. The first-order valence-electron chi connectivity index (χ1n) is 13.5. The Kier molecular flexibility index (Phi) is 7.07. The maximum Gasteiger partial charge on any atom is 0.231 e. The predicted octanol–water partition coefficient (Wildman–Crippen LogP) is 2.80. The van der Waals surface area contributed by atoms with E-state index in [1.165, 1.54) is 0 Å². The third kappa shape index (κ3) is 5.54. The van der Waals surface area contributed by atoms with Gasteiger partial charge in [-0.05, 0) is 43.5 Å². The first kappa shape index (κ1) is 24.8. The fourth-order valence-electron chi connectivity index (χ4n) is 5.13. The Hall–Kier alpha value is -4.48. The van der Waals surface area contributed by atoms with Gasteiger partial charge in [-0.25, -0.2) is 9.97 Å². The molecule has 0 spiro atoms. The summed E-state index contributed by atoms with van der Waals surface area (Å²) in [6.07, 6.45) is 11.1. The van der Waals surface area contributed by atoms with Crippen molar-refractivity contribution in [1.29, 1.82) is 0 Å². The standard InChI is InChI=1S/C27H32N10O2/c38-22-4-1-12-34(22)14-3-10-29-25-24-26(37(19-30-24)17-16-35-13-2-5-23(35)39)33-27(32-25)31-20-6-8-21(9-7-20)36-15-11-28-18-36/h6-9,11,15,18-19H,1-5,10,12-14,16-17H2,(H2,29,31,32,33). The van der Waals surface area contributed by atoms with E-state index >= 15 is 0 Å². The first-order chi connectivity index (χ1) is 19.1. The highest BCUT2D eigenvalue weighted by atomic mass is 16.2. The summed E-state index contributed by atoms with van der Waals surface area (Å²) < 4.78 is 3.91. The van der Waals surface area contributed by atoms with Crippen molar-refractivity contribution in [2.24, 2.45) is 0 Å². The molecule has 1 aromatic carbocycles. The van der Waals surface area contributed by atoms with Crippen LogP contribution in [0.15, 0.2) is 49.3 Å². The normalized spacial score (nSPS) is 15.6. The fourth-order valence-corrected chi connectivity index (χ4v) is 5.13.